The van der Waals surface area contributed by atoms with E-state index in [0.717, 1.165) is 138 Å². The highest BCUT2D eigenvalue weighted by Crippen LogP contribution is 2.48. The minimum absolute atomic E-state index is 0.106. The number of methoxy groups -OCH3 is 4. The Bertz CT molecular complexity index is 4030. The Hall–Kier alpha value is -3.29. The maximum Gasteiger partial charge on any atom is 0.507 e. The van der Waals surface area contributed by atoms with Gasteiger partial charge < -0.3 is 51.5 Å². The number of hydrogen-bond acceptors (Lipinski definition) is 33. The summed E-state index contributed by atoms with van der Waals surface area (Å²) in [6.45, 7) is 97.6. The normalized spacial score (nSPS) is 12.3. The SMILES string of the molecule is C=CCCC[Si](C)(C)CCCOC(=O)OC.C=CCC[Si](C)(C)CCCOC(=O)OC.C=C[Si](C)(C)CCCOC(=O)OC.C=C[Si](C)(C)CCCOP(=O)(OC)OC.C=C[Si](C)(C)CCCOP(C)(=O)OC.C=C[Si](C)(C)CCCOP(C)(C)=O.C=C[Si](C)(C)CCCOS(=O)(=O)OCC.C=C[Si](C)(C)CCCOS(=O)(=O)OCCC.C=C[Si](C)(C)CCCOS(=O)(=O)OCCCC.C=C[Si](CC)(CC)CCCOC(=O)OC. The largest absolute Gasteiger partial charge is 0.507 e. The third-order valence-corrected chi connectivity index (χ3v) is 60.3. The molecule has 0 bridgehead atoms. The van der Waals surface area contributed by atoms with E-state index in [1.807, 2.05) is 54.5 Å². The molecule has 33 nitrogen and oxygen atoms in total. The molecule has 886 valence electrons. The Balaban J connectivity index is -0.000000180. The molecule has 1 atom stereocenters. The van der Waals surface area contributed by atoms with Crippen LogP contribution in [0.1, 0.15) is 137 Å². The van der Waals surface area contributed by atoms with Crippen LogP contribution in [0.5, 0.6) is 0 Å². The molecule has 0 radical (unpaired) electrons. The maximum atomic E-state index is 11.5. The lowest BCUT2D eigenvalue weighted by Crippen LogP contribution is -2.29. The first kappa shape index (κ1) is 166. The summed E-state index contributed by atoms with van der Waals surface area (Å²) in [5.74, 6) is 0. The second-order valence-electron chi connectivity index (χ2n) is 41.8. The molecule has 0 aliphatic rings. The monoisotopic (exact) mass is 2410 g/mol. The van der Waals surface area contributed by atoms with Crippen molar-refractivity contribution in [3.63, 3.8) is 0 Å². The minimum Gasteiger partial charge on any atom is -0.438 e. The number of allylic oxidation sites excluding steroid dienone is 2. The number of hydrogen-bond donors (Lipinski definition) is 0. The molecule has 0 rings (SSSR count). The van der Waals surface area contributed by atoms with E-state index in [9.17, 15) is 58.1 Å². The van der Waals surface area contributed by atoms with Crippen molar-refractivity contribution in [3.8, 4) is 0 Å². The van der Waals surface area contributed by atoms with E-state index in [2.05, 4.69) is 259 Å². The molecular weight excluding hydrogens is 2200 g/mol. The summed E-state index contributed by atoms with van der Waals surface area (Å²) >= 11 is 0. The average molecular weight is 2420 g/mol. The number of carbonyl (C=O) groups excluding carboxylic acids is 4. The van der Waals surface area contributed by atoms with Crippen molar-refractivity contribution in [3.05, 3.63) is 124 Å². The number of ether oxygens (including phenoxy) is 8. The Morgan fingerprint density at radius 3 is 0.765 bits per heavy atom. The molecule has 0 aromatic rings. The fraction of sp³-hybridized carbons (Fsp3) is 0.760. The van der Waals surface area contributed by atoms with E-state index < -0.39 is 159 Å². The summed E-state index contributed by atoms with van der Waals surface area (Å²) in [5, 5.41) is 0. The first-order valence-corrected chi connectivity index (χ1v) is 94.2. The van der Waals surface area contributed by atoms with Gasteiger partial charge in [0.2, 0.25) is 0 Å². The molecule has 0 heterocycles. The van der Waals surface area contributed by atoms with Gasteiger partial charge in [0.1, 0.15) is 0 Å². The molecule has 0 aromatic carbocycles. The summed E-state index contributed by atoms with van der Waals surface area (Å²) in [6, 6.07) is 15.9. The zero-order chi connectivity index (χ0) is 118. The second-order valence-corrected chi connectivity index (χ2v) is 102. The first-order valence-electron chi connectivity index (χ1n) is 51.7. The van der Waals surface area contributed by atoms with Gasteiger partial charge in [-0.05, 0) is 96.8 Å². The molecule has 0 saturated heterocycles. The van der Waals surface area contributed by atoms with Gasteiger partial charge in [-0.15, -0.1) is 111 Å². The van der Waals surface area contributed by atoms with Crippen LogP contribution in [0.25, 0.3) is 0 Å². The van der Waals surface area contributed by atoms with Gasteiger partial charge >= 0.3 is 71.2 Å². The van der Waals surface area contributed by atoms with Gasteiger partial charge in [-0.25, -0.2) is 48.8 Å². The van der Waals surface area contributed by atoms with E-state index in [1.165, 1.54) is 99.1 Å². The Kier molecular flexibility index (Phi) is 105. The molecule has 0 saturated carbocycles. The molecule has 0 amide bonds. The van der Waals surface area contributed by atoms with Crippen molar-refractivity contribution in [2.45, 2.75) is 340 Å². The third-order valence-electron chi connectivity index (χ3n) is 23.0. The highest BCUT2D eigenvalue weighted by atomic mass is 32.3. The Morgan fingerprint density at radius 2 is 0.517 bits per heavy atom. The molecule has 0 spiro atoms. The minimum atomic E-state index is -3.79. The van der Waals surface area contributed by atoms with E-state index in [0.29, 0.717) is 52.7 Å². The summed E-state index contributed by atoms with van der Waals surface area (Å²) in [7, 11) is -22.8. The van der Waals surface area contributed by atoms with Crippen molar-refractivity contribution in [2.75, 3.05) is 156 Å². The molecular formula is C100H215O33P3S3Si10. The fourth-order valence-electron chi connectivity index (χ4n) is 11.4. The first-order chi connectivity index (χ1) is 68.7. The fourth-order valence-corrected chi connectivity index (χ4v) is 31.9. The molecule has 149 heavy (non-hydrogen) atoms. The topological polar surface area (TPSA) is 407 Å². The number of unbranched alkanes of at least 4 members (excludes halogenated alkanes) is 2. The maximum absolute atomic E-state index is 11.5. The number of carbonyl (C=O) groups is 4. The van der Waals surface area contributed by atoms with Crippen LogP contribution in [0.3, 0.4) is 0 Å². The van der Waals surface area contributed by atoms with Gasteiger partial charge in [0, 0.05) is 57.5 Å². The van der Waals surface area contributed by atoms with Crippen LogP contribution in [0, 0.1) is 0 Å². The zero-order valence-electron chi connectivity index (χ0n) is 99.3. The highest BCUT2D eigenvalue weighted by molar-refractivity contribution is 7.82. The van der Waals surface area contributed by atoms with E-state index >= 15 is 0 Å². The lowest BCUT2D eigenvalue weighted by atomic mass is 10.3. The van der Waals surface area contributed by atoms with Gasteiger partial charge in [-0.3, -0.25) is 22.7 Å². The Morgan fingerprint density at radius 1 is 0.268 bits per heavy atom. The van der Waals surface area contributed by atoms with E-state index in [-0.39, 0.29) is 39.6 Å². The van der Waals surface area contributed by atoms with Crippen LogP contribution in [0.2, 0.25) is 202 Å². The molecule has 1 unspecified atom stereocenters. The van der Waals surface area contributed by atoms with Gasteiger partial charge in [0.25, 0.3) is 0 Å². The molecule has 49 heteroatoms. The second kappa shape index (κ2) is 94.6. The summed E-state index contributed by atoms with van der Waals surface area (Å²) in [6.07, 6.45) is 15.9. The van der Waals surface area contributed by atoms with Crippen molar-refractivity contribution < 1.29 is 148 Å². The Labute approximate surface area is 919 Å². The van der Waals surface area contributed by atoms with Crippen molar-refractivity contribution >= 4 is 159 Å². The molecule has 0 aliphatic heterocycles. The highest BCUT2D eigenvalue weighted by Gasteiger charge is 2.29. The summed E-state index contributed by atoms with van der Waals surface area (Å²) < 4.78 is 195. The van der Waals surface area contributed by atoms with Crippen molar-refractivity contribution in [1.82, 2.24) is 0 Å². The van der Waals surface area contributed by atoms with Gasteiger partial charge in [-0.1, -0.05) is 255 Å². The average Bonchev–Trinajstić information content (AvgIpc) is 0.887. The van der Waals surface area contributed by atoms with Crippen LogP contribution in [0.4, 0.5) is 19.2 Å². The lowest BCUT2D eigenvalue weighted by molar-refractivity contribution is 0.0718. The van der Waals surface area contributed by atoms with Crippen LogP contribution in [-0.4, -0.2) is 286 Å². The summed E-state index contributed by atoms with van der Waals surface area (Å²) in [5.41, 5.74) is 16.4. The quantitative estimate of drug-likeness (QED) is 0.0136. The molecule has 0 aliphatic carbocycles. The van der Waals surface area contributed by atoms with E-state index in [1.54, 1.807) is 20.3 Å². The molecule has 0 N–H and O–H groups in total. The molecule has 0 aromatic heterocycles. The predicted molar refractivity (Wildman–Crippen MR) is 650 cm³/mol. The number of phosphoric ester groups is 1. The van der Waals surface area contributed by atoms with Crippen LogP contribution in [-0.2, 0) is 135 Å². The zero-order valence-corrected chi connectivity index (χ0v) is 114. The van der Waals surface area contributed by atoms with Gasteiger partial charge in [0.05, 0.1) is 179 Å². The van der Waals surface area contributed by atoms with Crippen molar-refractivity contribution in [2.24, 2.45) is 0 Å². The standard InChI is InChI=1S/C12H24O3Si.C11H24O4SSi.2C11H22O3Si.C10H22O4SSi.C9H21O4PSi.C9H20O4SSi.C9H21O3PSi.C9H18O3Si.C9H21O2PSi/c1-5-6-7-10-16(3,4)11-8-9-15-12(13)14-2;1-5-7-9-14-16(12,13)15-10-8-11-17(3,4)6-2;1-5-6-9-15(3,4)10-7-8-14-11(12)13-2;1-5-15(6-2,7-3)10-8-9-14-11(12)13-4;1-5-8-13-15(11,12)14-9-7-10-16(3,4)6-2;1-6-15(4,5)9-7-8-13-14(10,11-2)12-3;1-5-12-14(10,11)13-8-7-9-15(3,4)6-2;1-6-14(4,5)9-7-8-12-13(3,10)11-2;1-5-13(3,4)8-6-7-12-9(10)11-2;1-6-13(4,5)9-7-8-11-12(2,3)10/h5H,1,6-11H2,2-4H3;6H,2,5,7-11H2,1,3-4H3;2*5H,1,6-10H2,2-4H3;6H,2,5,7-10H2,1,3-4H3;6H,1,7-9H2,2-5H3;6H,2,5,7-9H2,1,3-4H3;6H,1,7-9H2,2-5H3;5H,1,6-8H2,2-4H3;6H,1,7-9H2,2-5H3. The van der Waals surface area contributed by atoms with Crippen LogP contribution >= 0.6 is 22.8 Å². The van der Waals surface area contributed by atoms with Crippen LogP contribution in [0.15, 0.2) is 124 Å². The van der Waals surface area contributed by atoms with Gasteiger partial charge in [-0.2, -0.15) is 25.3 Å². The van der Waals surface area contributed by atoms with Crippen LogP contribution < -0.4 is 0 Å². The lowest BCUT2D eigenvalue weighted by Gasteiger charge is -2.24. The predicted octanol–water partition coefficient (Wildman–Crippen LogP) is 30.6. The number of rotatable bonds is 75. The summed E-state index contributed by atoms with van der Waals surface area (Å²) in [4.78, 5) is 42.6. The van der Waals surface area contributed by atoms with Crippen molar-refractivity contribution in [1.29, 1.82) is 0 Å². The smallest absolute Gasteiger partial charge is 0.438 e. The van der Waals surface area contributed by atoms with Gasteiger partial charge in [0.15, 0.2) is 7.37 Å². The molecule has 0 fully saturated rings. The van der Waals surface area contributed by atoms with E-state index in [4.69, 9.17) is 45.4 Å². The third kappa shape index (κ3) is 122. The number of phosphoric acid groups is 1.